The van der Waals surface area contributed by atoms with Gasteiger partial charge in [0.1, 0.15) is 11.4 Å². The van der Waals surface area contributed by atoms with Gasteiger partial charge in [-0.3, -0.25) is 14.9 Å². The standard InChI is InChI=1S/C23H23N5O4S/c1-14(2)10-15(3)26-27-20(16-8-9-21-18(11-16)24-22(29)12-32-21)13-33-23(27)25-17-6-4-5-7-19(17)28(30)31/h4-9,11,13-14H,10,12H2,1-3H3,(H,24,29). The first-order valence-electron chi connectivity index (χ1n) is 10.4. The van der Waals surface area contributed by atoms with Crippen LogP contribution in [0, 0.1) is 16.0 Å². The molecule has 4 rings (SSSR count). The second-order valence-electron chi connectivity index (χ2n) is 8.05. The molecule has 0 atom stereocenters. The van der Waals surface area contributed by atoms with E-state index in [1.165, 1.54) is 17.4 Å². The minimum Gasteiger partial charge on any atom is -0.482 e. The molecule has 0 spiro atoms. The number of nitro benzene ring substituents is 1. The van der Waals surface area contributed by atoms with Crippen LogP contribution >= 0.6 is 11.3 Å². The summed E-state index contributed by atoms with van der Waals surface area (Å²) in [5.41, 5.74) is 3.23. The summed E-state index contributed by atoms with van der Waals surface area (Å²) in [6.07, 6.45) is 0.793. The molecule has 0 saturated heterocycles. The Morgan fingerprint density at radius 2 is 2.09 bits per heavy atom. The smallest absolute Gasteiger partial charge is 0.294 e. The van der Waals surface area contributed by atoms with E-state index in [-0.39, 0.29) is 23.9 Å². The lowest BCUT2D eigenvalue weighted by Crippen LogP contribution is -2.25. The predicted molar refractivity (Wildman–Crippen MR) is 128 cm³/mol. The van der Waals surface area contributed by atoms with E-state index >= 15 is 0 Å². The van der Waals surface area contributed by atoms with Gasteiger partial charge in [-0.15, -0.1) is 11.3 Å². The number of amides is 1. The van der Waals surface area contributed by atoms with Crippen LogP contribution in [0.15, 0.2) is 57.9 Å². The van der Waals surface area contributed by atoms with E-state index in [1.807, 2.05) is 24.4 Å². The van der Waals surface area contributed by atoms with Gasteiger partial charge in [-0.2, -0.15) is 5.10 Å². The molecule has 1 aromatic heterocycles. The summed E-state index contributed by atoms with van der Waals surface area (Å²) >= 11 is 1.33. The van der Waals surface area contributed by atoms with Crippen LogP contribution in [0.2, 0.25) is 0 Å². The van der Waals surface area contributed by atoms with Crippen LogP contribution < -0.4 is 14.9 Å². The highest BCUT2D eigenvalue weighted by molar-refractivity contribution is 7.07. The third kappa shape index (κ3) is 5.01. The van der Waals surface area contributed by atoms with E-state index < -0.39 is 4.92 Å². The lowest BCUT2D eigenvalue weighted by molar-refractivity contribution is -0.384. The van der Waals surface area contributed by atoms with Crippen molar-refractivity contribution in [2.24, 2.45) is 16.0 Å². The van der Waals surface area contributed by atoms with E-state index in [4.69, 9.17) is 9.84 Å². The van der Waals surface area contributed by atoms with Crippen molar-refractivity contribution >= 4 is 40.0 Å². The number of nitrogens with zero attached hydrogens (tertiary/aromatic N) is 4. The van der Waals surface area contributed by atoms with Crippen LogP contribution in [0.4, 0.5) is 17.1 Å². The van der Waals surface area contributed by atoms with Crippen molar-refractivity contribution in [1.29, 1.82) is 0 Å². The third-order valence-corrected chi connectivity index (χ3v) is 5.68. The molecule has 1 amide bonds. The maximum atomic E-state index is 11.8. The fraction of sp³-hybridized carbons (Fsp3) is 0.261. The maximum Gasteiger partial charge on any atom is 0.294 e. The van der Waals surface area contributed by atoms with Crippen LogP contribution in [0.25, 0.3) is 11.3 Å². The van der Waals surface area contributed by atoms with E-state index in [1.54, 1.807) is 28.9 Å². The van der Waals surface area contributed by atoms with Gasteiger partial charge in [-0.1, -0.05) is 26.0 Å². The van der Waals surface area contributed by atoms with Gasteiger partial charge >= 0.3 is 0 Å². The van der Waals surface area contributed by atoms with Gasteiger partial charge in [0.2, 0.25) is 4.80 Å². The van der Waals surface area contributed by atoms with Gasteiger partial charge in [0.15, 0.2) is 6.61 Å². The number of carbonyl (C=O) groups excluding carboxylic acids is 1. The molecule has 3 aromatic rings. The van der Waals surface area contributed by atoms with E-state index in [2.05, 4.69) is 24.2 Å². The molecular formula is C23H23N5O4S. The van der Waals surface area contributed by atoms with Gasteiger partial charge in [0.05, 0.1) is 16.3 Å². The van der Waals surface area contributed by atoms with Crippen molar-refractivity contribution in [2.45, 2.75) is 27.2 Å². The molecule has 170 valence electrons. The van der Waals surface area contributed by atoms with Crippen LogP contribution in [0.1, 0.15) is 27.2 Å². The number of aromatic nitrogens is 1. The summed E-state index contributed by atoms with van der Waals surface area (Å²) in [6, 6.07) is 11.9. The minimum atomic E-state index is -0.447. The maximum absolute atomic E-state index is 11.8. The number of thiazole rings is 1. The molecule has 0 aliphatic carbocycles. The first-order chi connectivity index (χ1) is 15.8. The first kappa shape index (κ1) is 22.4. The normalized spacial score (nSPS) is 14.1. The molecule has 0 saturated carbocycles. The molecule has 0 fully saturated rings. The molecular weight excluding hydrogens is 442 g/mol. The molecule has 1 aliphatic heterocycles. The molecule has 9 nitrogen and oxygen atoms in total. The zero-order valence-electron chi connectivity index (χ0n) is 18.4. The van der Waals surface area contributed by atoms with Crippen molar-refractivity contribution in [2.75, 3.05) is 11.9 Å². The quantitative estimate of drug-likeness (QED) is 0.315. The van der Waals surface area contributed by atoms with Gasteiger partial charge in [0.25, 0.3) is 11.6 Å². The fourth-order valence-electron chi connectivity index (χ4n) is 3.53. The average Bonchev–Trinajstić information content (AvgIpc) is 3.14. The molecule has 0 unspecified atom stereocenters. The number of nitrogens with one attached hydrogen (secondary N) is 1. The number of ether oxygens (including phenoxy) is 1. The van der Waals surface area contributed by atoms with Crippen molar-refractivity contribution in [3.05, 3.63) is 62.8 Å². The molecule has 0 bridgehead atoms. The van der Waals surface area contributed by atoms with E-state index in [9.17, 15) is 14.9 Å². The molecule has 1 aliphatic rings. The van der Waals surface area contributed by atoms with Crippen LogP contribution in [-0.4, -0.2) is 27.8 Å². The number of carbonyl (C=O) groups is 1. The molecule has 2 heterocycles. The summed E-state index contributed by atoms with van der Waals surface area (Å²) in [6.45, 7) is 6.17. The highest BCUT2D eigenvalue weighted by atomic mass is 32.1. The number of benzene rings is 2. The summed E-state index contributed by atoms with van der Waals surface area (Å²) in [5, 5.41) is 21.0. The van der Waals surface area contributed by atoms with Crippen LogP contribution in [0.5, 0.6) is 5.75 Å². The number of anilines is 1. The Bertz CT molecular complexity index is 1320. The molecule has 2 aromatic carbocycles. The number of hydrogen-bond donors (Lipinski definition) is 1. The number of rotatable bonds is 6. The monoisotopic (exact) mass is 465 g/mol. The van der Waals surface area contributed by atoms with E-state index in [0.717, 1.165) is 23.4 Å². The van der Waals surface area contributed by atoms with Gasteiger partial charge in [0, 0.05) is 22.7 Å². The Hall–Kier alpha value is -3.79. The average molecular weight is 466 g/mol. The minimum absolute atomic E-state index is 0.0115. The van der Waals surface area contributed by atoms with Gasteiger partial charge in [-0.25, -0.2) is 9.67 Å². The lowest BCUT2D eigenvalue weighted by atomic mass is 10.1. The SMILES string of the molecule is CC(CC(C)C)=Nn1c(-c2ccc3c(c2)NC(=O)CO3)csc1=Nc1ccccc1[N+](=O)[O-]. The Labute approximate surface area is 194 Å². The molecule has 1 N–H and O–H groups in total. The molecule has 0 radical (unpaired) electrons. The predicted octanol–water partition coefficient (Wildman–Crippen LogP) is 4.96. The summed E-state index contributed by atoms with van der Waals surface area (Å²) in [5.74, 6) is 0.809. The Morgan fingerprint density at radius 3 is 2.85 bits per heavy atom. The van der Waals surface area contributed by atoms with Gasteiger partial charge in [-0.05, 0) is 43.5 Å². The topological polar surface area (TPSA) is 111 Å². The highest BCUT2D eigenvalue weighted by Crippen LogP contribution is 2.33. The zero-order valence-corrected chi connectivity index (χ0v) is 19.3. The summed E-state index contributed by atoms with van der Waals surface area (Å²) in [7, 11) is 0. The number of fused-ring (bicyclic) bond motifs is 1. The van der Waals surface area contributed by atoms with Crippen molar-refractivity contribution in [3.63, 3.8) is 0 Å². The first-order valence-corrected chi connectivity index (χ1v) is 11.3. The van der Waals surface area contributed by atoms with E-state index in [0.29, 0.717) is 22.2 Å². The van der Waals surface area contributed by atoms with Crippen molar-refractivity contribution < 1.29 is 14.5 Å². The van der Waals surface area contributed by atoms with Crippen LogP contribution in [-0.2, 0) is 4.79 Å². The second-order valence-corrected chi connectivity index (χ2v) is 8.89. The Kier molecular flexibility index (Phi) is 6.36. The van der Waals surface area contributed by atoms with Crippen molar-refractivity contribution in [1.82, 2.24) is 4.68 Å². The van der Waals surface area contributed by atoms with Crippen molar-refractivity contribution in [3.8, 4) is 17.0 Å². The third-order valence-electron chi connectivity index (χ3n) is 4.86. The van der Waals surface area contributed by atoms with Gasteiger partial charge < -0.3 is 10.1 Å². The number of hydrogen-bond acceptors (Lipinski definition) is 7. The molecule has 10 heteroatoms. The zero-order chi connectivity index (χ0) is 23.5. The van der Waals surface area contributed by atoms with Crippen LogP contribution in [0.3, 0.4) is 0 Å². The fourth-order valence-corrected chi connectivity index (χ4v) is 4.38. The Morgan fingerprint density at radius 1 is 1.30 bits per heavy atom. The summed E-state index contributed by atoms with van der Waals surface area (Å²) in [4.78, 5) is 27.8. The number of nitro groups is 1. The lowest BCUT2D eigenvalue weighted by Gasteiger charge is -2.18. The number of para-hydroxylation sites is 2. The second kappa shape index (κ2) is 9.37. The highest BCUT2D eigenvalue weighted by Gasteiger charge is 2.18. The largest absolute Gasteiger partial charge is 0.482 e. The molecule has 33 heavy (non-hydrogen) atoms. The Balaban J connectivity index is 1.88. The summed E-state index contributed by atoms with van der Waals surface area (Å²) < 4.78 is 7.16.